The first-order valence-electron chi connectivity index (χ1n) is 20.9. The smallest absolute Gasteiger partial charge is 0.319 e. The molecule has 0 fully saturated rings. The molecule has 0 heterocycles. The summed E-state index contributed by atoms with van der Waals surface area (Å²) in [7, 11) is 0. The van der Waals surface area contributed by atoms with E-state index in [0.29, 0.717) is 25.7 Å². The lowest BCUT2D eigenvalue weighted by Gasteiger charge is -2.26. The van der Waals surface area contributed by atoms with Crippen LogP contribution in [0.3, 0.4) is 0 Å². The van der Waals surface area contributed by atoms with Crippen molar-refractivity contribution < 1.29 is 52.6 Å². The molecule has 0 aliphatic carbocycles. The fraction of sp³-hybridized carbons (Fsp3) is 0.714. The molecular formula is C42H80N6O11S4. The number of ketones is 2. The number of hydrogen-bond donors (Lipinski definition) is 8. The van der Waals surface area contributed by atoms with E-state index >= 15 is 0 Å². The number of thioether (sulfide) groups is 2. The Hall–Kier alpha value is -3.56. The van der Waals surface area contributed by atoms with E-state index in [2.05, 4.69) is 66.5 Å². The molecule has 0 rings (SSSR count). The van der Waals surface area contributed by atoms with Crippen LogP contribution in [0.1, 0.15) is 133 Å². The first-order chi connectivity index (χ1) is 29.7. The average molecular weight is 973 g/mol. The molecule has 0 saturated carbocycles. The second kappa shape index (κ2) is 52.8. The van der Waals surface area contributed by atoms with E-state index in [0.717, 1.165) is 31.4 Å². The Morgan fingerprint density at radius 2 is 1.35 bits per heavy atom. The summed E-state index contributed by atoms with van der Waals surface area (Å²) in [5.74, 6) is -1.94. The van der Waals surface area contributed by atoms with Gasteiger partial charge < -0.3 is 41.3 Å². The van der Waals surface area contributed by atoms with Crippen molar-refractivity contribution in [2.24, 2.45) is 11.7 Å². The minimum Gasteiger partial charge on any atom is -0.463 e. The Morgan fingerprint density at radius 1 is 0.794 bits per heavy atom. The van der Waals surface area contributed by atoms with Crippen LogP contribution in [0.2, 0.25) is 0 Å². The highest BCUT2D eigenvalue weighted by molar-refractivity contribution is 8.00. The number of amides is 5. The van der Waals surface area contributed by atoms with Gasteiger partial charge in [-0.3, -0.25) is 43.2 Å². The third kappa shape index (κ3) is 56.4. The first kappa shape index (κ1) is 71.1. The Bertz CT molecular complexity index is 1280. The van der Waals surface area contributed by atoms with Crippen molar-refractivity contribution in [3.63, 3.8) is 0 Å². The number of Topliss-reactive ketones (excluding diaryl/α,β-unsaturated/α-hetero) is 1. The van der Waals surface area contributed by atoms with Crippen molar-refractivity contribution in [3.05, 3.63) is 12.7 Å². The molecule has 5 amide bonds. The lowest BCUT2D eigenvalue weighted by atomic mass is 10.0. The molecular weight excluding hydrogens is 893 g/mol. The number of rotatable bonds is 28. The van der Waals surface area contributed by atoms with Gasteiger partial charge in [0.2, 0.25) is 30.0 Å². The molecule has 368 valence electrons. The number of allylic oxidation sites excluding steroid dienone is 1. The zero-order chi connectivity index (χ0) is 50.2. The normalized spacial score (nSPS) is 10.9. The third-order valence-corrected chi connectivity index (χ3v) is 9.49. The third-order valence-electron chi connectivity index (χ3n) is 6.98. The molecule has 7 N–H and O–H groups in total. The van der Waals surface area contributed by atoms with Gasteiger partial charge in [0, 0.05) is 39.2 Å². The molecule has 3 unspecified atom stereocenters. The highest BCUT2D eigenvalue weighted by atomic mass is 32.2. The van der Waals surface area contributed by atoms with Crippen LogP contribution in [0.25, 0.3) is 0 Å². The first-order valence-corrected chi connectivity index (χ1v) is 24.5. The van der Waals surface area contributed by atoms with E-state index in [9.17, 15) is 43.2 Å². The molecule has 63 heavy (non-hydrogen) atoms. The molecule has 17 nitrogen and oxygen atoms in total. The van der Waals surface area contributed by atoms with Gasteiger partial charge >= 0.3 is 11.9 Å². The van der Waals surface area contributed by atoms with E-state index in [-0.39, 0.29) is 84.9 Å². The summed E-state index contributed by atoms with van der Waals surface area (Å²) in [4.78, 5) is 98.8. The zero-order valence-corrected chi connectivity index (χ0v) is 42.9. The number of unbranched alkanes of at least 4 members (excludes halogenated alkanes) is 2. The summed E-state index contributed by atoms with van der Waals surface area (Å²) < 4.78 is 12.4. The quantitative estimate of drug-likeness (QED) is 0.00907. The molecule has 0 aliphatic heterocycles. The van der Waals surface area contributed by atoms with E-state index in [4.69, 9.17) is 20.6 Å². The molecule has 0 aromatic heterocycles. The summed E-state index contributed by atoms with van der Waals surface area (Å²) >= 11 is 10.3. The van der Waals surface area contributed by atoms with Gasteiger partial charge in [-0.1, -0.05) is 59.9 Å². The summed E-state index contributed by atoms with van der Waals surface area (Å²) in [6.45, 7) is 20.8. The molecule has 0 bridgehead atoms. The Morgan fingerprint density at radius 3 is 1.75 bits per heavy atom. The number of ether oxygens (including phenoxy) is 2. The summed E-state index contributed by atoms with van der Waals surface area (Å²) in [5, 5.41) is 13.5. The maximum atomic E-state index is 12.2. The van der Waals surface area contributed by atoms with Crippen LogP contribution < -0.4 is 26.4 Å². The van der Waals surface area contributed by atoms with Crippen LogP contribution in [0.5, 0.6) is 0 Å². The Balaban J connectivity index is -0.000000175. The van der Waals surface area contributed by atoms with E-state index in [1.165, 1.54) is 49.4 Å². The molecule has 0 aromatic rings. The number of esters is 2. The van der Waals surface area contributed by atoms with Crippen molar-refractivity contribution in [2.45, 2.75) is 156 Å². The predicted molar refractivity (Wildman–Crippen MR) is 264 cm³/mol. The summed E-state index contributed by atoms with van der Waals surface area (Å²) in [6.07, 6.45) is 12.4. The molecule has 0 aromatic carbocycles. The second-order valence-electron chi connectivity index (χ2n) is 13.2. The highest BCUT2D eigenvalue weighted by Crippen LogP contribution is 2.22. The Kier molecular flexibility index (Phi) is 59.6. The fourth-order valence-corrected chi connectivity index (χ4v) is 5.51. The maximum Gasteiger partial charge on any atom is 0.319 e. The summed E-state index contributed by atoms with van der Waals surface area (Å²) in [6, 6.07) is 0. The highest BCUT2D eigenvalue weighted by Gasteiger charge is 2.31. The van der Waals surface area contributed by atoms with Gasteiger partial charge in [0.1, 0.15) is 5.25 Å². The molecule has 3 atom stereocenters. The second-order valence-corrected chi connectivity index (χ2v) is 15.8. The van der Waals surface area contributed by atoms with E-state index in [1.807, 2.05) is 13.8 Å². The van der Waals surface area contributed by atoms with Crippen molar-refractivity contribution in [1.29, 1.82) is 5.41 Å². The van der Waals surface area contributed by atoms with Crippen molar-refractivity contribution in [3.8, 4) is 0 Å². The SMILES string of the molecule is C=CC(=O)CCCC(N)=O.CC.CC(=O)NCCCCS.CCCC.CSC(CCC(=O)C=N)C(=O)OC(C)C.CSC(NC(=O)CNC=O)C(CCC(=O)NS)C(=O)OC(C)C. The van der Waals surface area contributed by atoms with Crippen LogP contribution in [-0.4, -0.2) is 114 Å². The lowest BCUT2D eigenvalue weighted by Crippen LogP contribution is -2.45. The van der Waals surface area contributed by atoms with Gasteiger partial charge in [-0.2, -0.15) is 24.4 Å². The average Bonchev–Trinajstić information content (AvgIpc) is 3.24. The van der Waals surface area contributed by atoms with Crippen LogP contribution >= 0.6 is 49.0 Å². The van der Waals surface area contributed by atoms with Gasteiger partial charge in [0.15, 0.2) is 11.6 Å². The number of carbonyl (C=O) groups excluding carboxylic acids is 9. The number of nitrogens with one attached hydrogen (secondary N) is 5. The lowest BCUT2D eigenvalue weighted by molar-refractivity contribution is -0.153. The number of carbonyl (C=O) groups is 9. The molecule has 0 saturated heterocycles. The predicted octanol–water partition coefficient (Wildman–Crippen LogP) is 5.58. The topological polar surface area (TPSA) is 270 Å². The molecule has 21 heteroatoms. The van der Waals surface area contributed by atoms with Gasteiger partial charge in [-0.25, -0.2) is 0 Å². The minimum absolute atomic E-state index is 0.0405. The van der Waals surface area contributed by atoms with Gasteiger partial charge in [-0.15, -0.1) is 11.8 Å². The minimum atomic E-state index is -0.696. The Labute approximate surface area is 397 Å². The summed E-state index contributed by atoms with van der Waals surface area (Å²) in [5.41, 5.74) is 4.84. The van der Waals surface area contributed by atoms with Crippen LogP contribution in [0.15, 0.2) is 12.7 Å². The van der Waals surface area contributed by atoms with Crippen molar-refractivity contribution in [1.82, 2.24) is 20.7 Å². The fourth-order valence-electron chi connectivity index (χ4n) is 3.75. The van der Waals surface area contributed by atoms with E-state index < -0.39 is 23.2 Å². The molecule has 0 spiro atoms. The van der Waals surface area contributed by atoms with Crippen LogP contribution in [0, 0.1) is 11.3 Å². The van der Waals surface area contributed by atoms with Gasteiger partial charge in [-0.05, 0) is 84.1 Å². The van der Waals surface area contributed by atoms with Crippen molar-refractivity contribution in [2.75, 3.05) is 31.4 Å². The molecule has 0 radical (unpaired) electrons. The van der Waals surface area contributed by atoms with Crippen molar-refractivity contribution >= 4 is 109 Å². The number of hydrogen-bond acceptors (Lipinski definition) is 16. The van der Waals surface area contributed by atoms with E-state index in [1.54, 1.807) is 40.2 Å². The number of thiol groups is 2. The standard InChI is InChI=1S/C13H23N3O5S2.C10H17NO3S.C7H11NO2.C6H13NOS.C4H10.C2H6/c1-8(2)21-13(20)9(4-5-10(18)16-22)12(23-3)15-11(19)6-14-7-17;1-7(2)14-10(13)9(15-3)5-4-8(12)6-11;1-2-6(9)4-3-5-7(8)10;1-6(8)7-4-2-3-5-9;1-3-4-2;1-2/h7-9,12,22H,4-6H2,1-3H3,(H,14,17)(H,15,19)(H,16,18);6-7,9,11H,4-5H2,1-3H3;2H,1,3-5H2,(H2,8,10);9H,2-5H2,1H3,(H,7,8);3-4H2,1-2H3;1-2H3. The maximum absolute atomic E-state index is 12.2. The number of primary amides is 1. The number of nitrogens with two attached hydrogens (primary N) is 1. The largest absolute Gasteiger partial charge is 0.463 e. The van der Waals surface area contributed by atoms with Crippen LogP contribution in [0.4, 0.5) is 0 Å². The zero-order valence-electron chi connectivity index (χ0n) is 39.5. The monoisotopic (exact) mass is 972 g/mol. The van der Waals surface area contributed by atoms with Gasteiger partial charge in [0.05, 0.1) is 36.3 Å². The van der Waals surface area contributed by atoms with Gasteiger partial charge in [0.25, 0.3) is 0 Å². The molecule has 0 aliphatic rings. The van der Waals surface area contributed by atoms with Crippen LogP contribution in [-0.2, 0) is 52.6 Å².